The van der Waals surface area contributed by atoms with Crippen molar-refractivity contribution in [3.8, 4) is 11.1 Å². The van der Waals surface area contributed by atoms with Crippen LogP contribution in [0.25, 0.3) is 33.2 Å². The minimum Gasteiger partial charge on any atom is -0.381 e. The molecule has 1 aromatic carbocycles. The second kappa shape index (κ2) is 7.36. The Bertz CT molecular complexity index is 1220. The average molecular weight is 408 g/mol. The van der Waals surface area contributed by atoms with E-state index in [1.165, 1.54) is 6.07 Å². The molecular weight excluding hydrogens is 383 g/mol. The van der Waals surface area contributed by atoms with Crippen molar-refractivity contribution in [2.75, 3.05) is 18.5 Å². The molecule has 30 heavy (non-hydrogen) atoms. The zero-order valence-electron chi connectivity index (χ0n) is 17.4. The highest BCUT2D eigenvalue weighted by molar-refractivity contribution is 5.96. The largest absolute Gasteiger partial charge is 0.381 e. The maximum absolute atomic E-state index is 14.9. The van der Waals surface area contributed by atoms with Crippen LogP contribution in [0.2, 0.25) is 0 Å². The van der Waals surface area contributed by atoms with Crippen molar-refractivity contribution in [2.24, 2.45) is 0 Å². The minimum atomic E-state index is -0.321. The third kappa shape index (κ3) is 3.21. The molecule has 0 unspecified atom stereocenters. The molecule has 1 saturated heterocycles. The minimum absolute atomic E-state index is 0.190. The molecule has 0 aliphatic carbocycles. The van der Waals surface area contributed by atoms with Gasteiger partial charge in [-0.05, 0) is 51.3 Å². The second-order valence-electron chi connectivity index (χ2n) is 8.14. The number of rotatable bonds is 4. The van der Waals surface area contributed by atoms with Gasteiger partial charge in [0.25, 0.3) is 0 Å². The average Bonchev–Trinajstić information content (AvgIpc) is 3.29. The van der Waals surface area contributed by atoms with Gasteiger partial charge in [-0.3, -0.25) is 0 Å². The van der Waals surface area contributed by atoms with Gasteiger partial charge >= 0.3 is 0 Å². The fraction of sp³-hybridized carbons (Fsp3) is 0.409. The van der Waals surface area contributed by atoms with Gasteiger partial charge in [-0.15, -0.1) is 0 Å². The maximum atomic E-state index is 14.9. The molecule has 2 N–H and O–H groups in total. The van der Waals surface area contributed by atoms with Crippen LogP contribution in [0.5, 0.6) is 0 Å². The van der Waals surface area contributed by atoms with Crippen LogP contribution in [-0.2, 0) is 4.74 Å². The van der Waals surface area contributed by atoms with E-state index in [0.29, 0.717) is 17.5 Å². The van der Waals surface area contributed by atoms with E-state index in [9.17, 15) is 4.39 Å². The van der Waals surface area contributed by atoms with E-state index < -0.39 is 0 Å². The topological polar surface area (TPSA) is 80.7 Å². The molecule has 0 bridgehead atoms. The second-order valence-corrected chi connectivity index (χ2v) is 8.14. The van der Waals surface area contributed by atoms with Gasteiger partial charge in [0.1, 0.15) is 17.0 Å². The third-order valence-electron chi connectivity index (χ3n) is 5.74. The Labute approximate surface area is 173 Å². The van der Waals surface area contributed by atoms with Crippen molar-refractivity contribution in [3.05, 3.63) is 36.2 Å². The van der Waals surface area contributed by atoms with E-state index in [2.05, 4.69) is 43.7 Å². The van der Waals surface area contributed by atoms with Crippen LogP contribution in [0, 0.1) is 12.7 Å². The normalized spacial score (nSPS) is 15.5. The third-order valence-corrected chi connectivity index (χ3v) is 5.74. The van der Waals surface area contributed by atoms with E-state index in [1.807, 2.05) is 19.2 Å². The number of nitrogens with zero attached hydrogens (tertiary/aromatic N) is 4. The summed E-state index contributed by atoms with van der Waals surface area (Å²) in [4.78, 5) is 16.8. The lowest BCUT2D eigenvalue weighted by atomic mass is 10.1. The molecule has 4 aromatic rings. The Morgan fingerprint density at radius 1 is 1.23 bits per heavy atom. The molecule has 0 atom stereocenters. The van der Waals surface area contributed by atoms with Gasteiger partial charge in [0.15, 0.2) is 5.82 Å². The highest BCUT2D eigenvalue weighted by Gasteiger charge is 2.18. The Balaban J connectivity index is 1.54. The number of imidazole rings is 1. The summed E-state index contributed by atoms with van der Waals surface area (Å²) in [7, 11) is 0. The van der Waals surface area contributed by atoms with Crippen LogP contribution in [0.15, 0.2) is 24.5 Å². The first-order chi connectivity index (χ1) is 14.5. The van der Waals surface area contributed by atoms with E-state index in [4.69, 9.17) is 4.74 Å². The van der Waals surface area contributed by atoms with Crippen LogP contribution < -0.4 is 5.32 Å². The molecule has 4 heterocycles. The molecule has 0 radical (unpaired) electrons. The lowest BCUT2D eigenvalue weighted by Gasteiger charge is -2.22. The molecule has 8 heteroatoms. The number of hydrogen-bond acceptors (Lipinski definition) is 5. The Kier molecular flexibility index (Phi) is 4.66. The van der Waals surface area contributed by atoms with E-state index >= 15 is 0 Å². The first-order valence-corrected chi connectivity index (χ1v) is 10.4. The number of aromatic nitrogens is 5. The maximum Gasteiger partial charge on any atom is 0.224 e. The van der Waals surface area contributed by atoms with Crippen molar-refractivity contribution in [1.82, 2.24) is 24.5 Å². The van der Waals surface area contributed by atoms with Crippen LogP contribution in [0.1, 0.15) is 38.6 Å². The first kappa shape index (κ1) is 19.0. The van der Waals surface area contributed by atoms with E-state index in [0.717, 1.165) is 59.6 Å². The Morgan fingerprint density at radius 3 is 2.80 bits per heavy atom. The van der Waals surface area contributed by atoms with Crippen molar-refractivity contribution in [1.29, 1.82) is 0 Å². The highest BCUT2D eigenvalue weighted by atomic mass is 19.1. The monoisotopic (exact) mass is 408 g/mol. The lowest BCUT2D eigenvalue weighted by Crippen LogP contribution is -2.28. The number of halogens is 1. The fourth-order valence-electron chi connectivity index (χ4n) is 4.32. The van der Waals surface area contributed by atoms with E-state index in [1.54, 1.807) is 6.20 Å². The number of nitrogens with one attached hydrogen (secondary N) is 2. The number of aromatic amines is 1. The molecule has 1 fully saturated rings. The zero-order valence-corrected chi connectivity index (χ0v) is 17.4. The zero-order chi connectivity index (χ0) is 20.8. The van der Waals surface area contributed by atoms with Crippen LogP contribution >= 0.6 is 0 Å². The van der Waals surface area contributed by atoms with Gasteiger partial charge in [0.05, 0.1) is 5.52 Å². The SMILES string of the molecule is Cc1nc2c(F)cc(-c3c[nH]c4nc(NC5CCOCC5)ncc34)cc2n1C(C)C. The van der Waals surface area contributed by atoms with Crippen molar-refractivity contribution in [2.45, 2.75) is 45.7 Å². The summed E-state index contributed by atoms with van der Waals surface area (Å²) in [6.45, 7) is 7.57. The lowest BCUT2D eigenvalue weighted by molar-refractivity contribution is 0.0903. The quantitative estimate of drug-likeness (QED) is 0.516. The number of ether oxygens (including phenoxy) is 1. The molecular formula is C22H25FN6O. The van der Waals surface area contributed by atoms with Gasteiger partial charge in [0.2, 0.25) is 5.95 Å². The summed E-state index contributed by atoms with van der Waals surface area (Å²) in [5, 5.41) is 4.24. The van der Waals surface area contributed by atoms with Crippen molar-refractivity contribution < 1.29 is 9.13 Å². The molecule has 1 aliphatic heterocycles. The predicted molar refractivity (Wildman–Crippen MR) is 115 cm³/mol. The first-order valence-electron chi connectivity index (χ1n) is 10.4. The Morgan fingerprint density at radius 2 is 2.03 bits per heavy atom. The molecule has 0 spiro atoms. The standard InChI is InChI=1S/C22H25FN6O/c1-12(2)29-13(3)26-20-18(23)8-14(9-19(20)29)16-10-24-21-17(16)11-25-22(28-21)27-15-4-6-30-7-5-15/h8-12,15H,4-7H2,1-3H3,(H2,24,25,27,28). The molecule has 3 aromatic heterocycles. The number of hydrogen-bond donors (Lipinski definition) is 2. The number of anilines is 1. The molecule has 5 rings (SSSR count). The number of H-pyrrole nitrogens is 1. The van der Waals surface area contributed by atoms with Gasteiger partial charge in [-0.1, -0.05) is 0 Å². The summed E-state index contributed by atoms with van der Waals surface area (Å²) in [5.41, 5.74) is 3.58. The molecule has 7 nitrogen and oxygen atoms in total. The predicted octanol–water partition coefficient (Wildman–Crippen LogP) is 4.59. The van der Waals surface area contributed by atoms with Crippen molar-refractivity contribution >= 4 is 28.0 Å². The smallest absolute Gasteiger partial charge is 0.224 e. The van der Waals surface area contributed by atoms with Gasteiger partial charge < -0.3 is 19.6 Å². The number of benzene rings is 1. The summed E-state index contributed by atoms with van der Waals surface area (Å²) in [6, 6.07) is 4.04. The highest BCUT2D eigenvalue weighted by Crippen LogP contribution is 2.33. The Hall–Kier alpha value is -3.00. The number of fused-ring (bicyclic) bond motifs is 2. The summed E-state index contributed by atoms with van der Waals surface area (Å²) in [6.07, 6.45) is 5.54. The molecule has 156 valence electrons. The summed E-state index contributed by atoms with van der Waals surface area (Å²) >= 11 is 0. The van der Waals surface area contributed by atoms with Crippen LogP contribution in [0.3, 0.4) is 0 Å². The summed E-state index contributed by atoms with van der Waals surface area (Å²) in [5.74, 6) is 1.08. The van der Waals surface area contributed by atoms with Gasteiger partial charge in [0, 0.05) is 48.6 Å². The van der Waals surface area contributed by atoms with Crippen LogP contribution in [-0.4, -0.2) is 43.8 Å². The van der Waals surface area contributed by atoms with Crippen molar-refractivity contribution in [3.63, 3.8) is 0 Å². The molecule has 0 amide bonds. The van der Waals surface area contributed by atoms with Gasteiger partial charge in [-0.25, -0.2) is 14.4 Å². The van der Waals surface area contributed by atoms with Crippen LogP contribution in [0.4, 0.5) is 10.3 Å². The molecule has 0 saturated carbocycles. The van der Waals surface area contributed by atoms with E-state index in [-0.39, 0.29) is 11.9 Å². The summed E-state index contributed by atoms with van der Waals surface area (Å²) < 4.78 is 22.3. The number of aryl methyl sites for hydroxylation is 1. The molecule has 1 aliphatic rings. The van der Waals surface area contributed by atoms with Gasteiger partial charge in [-0.2, -0.15) is 4.98 Å². The fourth-order valence-corrected chi connectivity index (χ4v) is 4.32.